The number of nitrogens with zero attached hydrogens (tertiary/aromatic N) is 2. The minimum Gasteiger partial charge on any atom is -0.465 e. The summed E-state index contributed by atoms with van der Waals surface area (Å²) in [5.41, 5.74) is 3.97. The van der Waals surface area contributed by atoms with Gasteiger partial charge in [0.1, 0.15) is 5.76 Å². The first-order valence-electron chi connectivity index (χ1n) is 11.3. The smallest absolute Gasteiger partial charge is 0.339 e. The number of hydrogen-bond acceptors (Lipinski definition) is 7. The Kier molecular flexibility index (Phi) is 6.03. The maximum Gasteiger partial charge on any atom is 0.339 e. The number of hydrogen-bond donors (Lipinski definition) is 1. The van der Waals surface area contributed by atoms with Gasteiger partial charge in [0, 0.05) is 11.5 Å². The molecule has 9 nitrogen and oxygen atoms in total. The Morgan fingerprint density at radius 3 is 2.75 bits per heavy atom. The van der Waals surface area contributed by atoms with Crippen molar-refractivity contribution in [2.75, 3.05) is 11.9 Å². The summed E-state index contributed by atoms with van der Waals surface area (Å²) in [7, 11) is 0. The number of furan rings is 1. The van der Waals surface area contributed by atoms with E-state index in [2.05, 4.69) is 5.32 Å². The molecule has 0 aliphatic heterocycles. The van der Waals surface area contributed by atoms with Crippen LogP contribution in [-0.4, -0.2) is 28.4 Å². The number of aromatic nitrogens is 1. The molecule has 0 unspecified atom stereocenters. The number of fused-ring (bicyclic) bond motifs is 2. The number of anilines is 1. The van der Waals surface area contributed by atoms with E-state index in [0.29, 0.717) is 46.3 Å². The highest BCUT2D eigenvalue weighted by molar-refractivity contribution is 6.08. The number of rotatable bonds is 6. The molecule has 2 aromatic carbocycles. The molecular formula is C27H21N3O6. The number of nitrogens with one attached hydrogen (secondary N) is 1. The quantitative estimate of drug-likeness (QED) is 0.223. The van der Waals surface area contributed by atoms with Gasteiger partial charge in [-0.05, 0) is 61.2 Å². The lowest BCUT2D eigenvalue weighted by Gasteiger charge is -2.13. The van der Waals surface area contributed by atoms with Gasteiger partial charge in [0.2, 0.25) is 0 Å². The summed E-state index contributed by atoms with van der Waals surface area (Å²) in [6, 6.07) is 15.3. The molecule has 180 valence electrons. The second-order valence-electron chi connectivity index (χ2n) is 8.35. The summed E-state index contributed by atoms with van der Waals surface area (Å²) in [5.74, 6) is -0.527. The molecular weight excluding hydrogens is 462 g/mol. The molecule has 2 heterocycles. The van der Waals surface area contributed by atoms with Crippen molar-refractivity contribution < 1.29 is 23.7 Å². The van der Waals surface area contributed by atoms with Gasteiger partial charge in [-0.1, -0.05) is 24.3 Å². The molecule has 0 bridgehead atoms. The predicted molar refractivity (Wildman–Crippen MR) is 133 cm³/mol. The van der Waals surface area contributed by atoms with E-state index in [-0.39, 0.29) is 11.4 Å². The third kappa shape index (κ3) is 4.34. The Hall–Kier alpha value is -4.79. The molecule has 9 heteroatoms. The summed E-state index contributed by atoms with van der Waals surface area (Å²) in [5, 5.41) is 14.4. The van der Waals surface area contributed by atoms with Crippen molar-refractivity contribution in [2.45, 2.75) is 19.8 Å². The van der Waals surface area contributed by atoms with Gasteiger partial charge in [0.05, 0.1) is 39.2 Å². The molecule has 5 rings (SSSR count). The molecule has 2 aromatic heterocycles. The number of carbonyl (C=O) groups excluding carboxylic acids is 2. The lowest BCUT2D eigenvalue weighted by atomic mass is 10.0. The SMILES string of the molecule is Cc1c(NC(=O)COC(=O)c2c3c(nc4ccccc24)/C(=C/c2ccco2)CC3)cccc1[N+](=O)[O-]. The number of benzene rings is 2. The molecule has 0 saturated carbocycles. The van der Waals surface area contributed by atoms with Gasteiger partial charge < -0.3 is 14.5 Å². The first kappa shape index (κ1) is 23.0. The van der Waals surface area contributed by atoms with Crippen molar-refractivity contribution in [3.63, 3.8) is 0 Å². The average molecular weight is 483 g/mol. The van der Waals surface area contributed by atoms with Crippen LogP contribution in [0.25, 0.3) is 22.6 Å². The fourth-order valence-electron chi connectivity index (χ4n) is 4.40. The van der Waals surface area contributed by atoms with Gasteiger partial charge in [-0.25, -0.2) is 9.78 Å². The van der Waals surface area contributed by atoms with Crippen LogP contribution in [0.5, 0.6) is 0 Å². The number of nitro benzene ring substituents is 1. The highest BCUT2D eigenvalue weighted by atomic mass is 16.6. The lowest BCUT2D eigenvalue weighted by Crippen LogP contribution is -2.22. The second kappa shape index (κ2) is 9.46. The Morgan fingerprint density at radius 1 is 1.14 bits per heavy atom. The maximum absolute atomic E-state index is 13.3. The second-order valence-corrected chi connectivity index (χ2v) is 8.35. The van der Waals surface area contributed by atoms with Gasteiger partial charge in [-0.2, -0.15) is 0 Å². The predicted octanol–water partition coefficient (Wildman–Crippen LogP) is 5.33. The number of nitro groups is 1. The Labute approximate surface area is 205 Å². The van der Waals surface area contributed by atoms with Crippen LogP contribution >= 0.6 is 0 Å². The molecule has 0 fully saturated rings. The molecule has 1 amide bonds. The van der Waals surface area contributed by atoms with E-state index in [9.17, 15) is 19.7 Å². The zero-order chi connectivity index (χ0) is 25.2. The first-order chi connectivity index (χ1) is 17.4. The van der Waals surface area contributed by atoms with Crippen LogP contribution in [0.15, 0.2) is 65.3 Å². The highest BCUT2D eigenvalue weighted by Crippen LogP contribution is 2.37. The van der Waals surface area contributed by atoms with Gasteiger partial charge in [-0.15, -0.1) is 0 Å². The number of carbonyl (C=O) groups is 2. The molecule has 1 N–H and O–H groups in total. The topological polar surface area (TPSA) is 125 Å². The molecule has 0 saturated heterocycles. The summed E-state index contributed by atoms with van der Waals surface area (Å²) in [6.45, 7) is 1.00. The van der Waals surface area contributed by atoms with Crippen LogP contribution in [0.4, 0.5) is 11.4 Å². The van der Waals surface area contributed by atoms with Crippen LogP contribution in [0.1, 0.15) is 39.4 Å². The summed E-state index contributed by atoms with van der Waals surface area (Å²) < 4.78 is 10.8. The van der Waals surface area contributed by atoms with Crippen molar-refractivity contribution in [1.82, 2.24) is 4.98 Å². The van der Waals surface area contributed by atoms with E-state index in [4.69, 9.17) is 14.1 Å². The minimum absolute atomic E-state index is 0.109. The number of pyridine rings is 1. The molecule has 0 atom stereocenters. The van der Waals surface area contributed by atoms with Gasteiger partial charge in [0.15, 0.2) is 6.61 Å². The highest BCUT2D eigenvalue weighted by Gasteiger charge is 2.28. The normalized spacial score (nSPS) is 13.5. The molecule has 36 heavy (non-hydrogen) atoms. The standard InChI is InChI=1S/C27H21N3O6/c1-16-21(9-4-10-23(16)30(33)34)28-24(31)15-36-27(32)25-19-7-2-3-8-22(19)29-26-17(11-12-20(25)26)14-18-6-5-13-35-18/h2-10,13-14H,11-12,15H2,1H3,(H,28,31)/b17-14+. The molecule has 1 aliphatic rings. The Bertz CT molecular complexity index is 1540. The van der Waals surface area contributed by atoms with Crippen LogP contribution < -0.4 is 5.32 Å². The molecule has 1 aliphatic carbocycles. The third-order valence-electron chi connectivity index (χ3n) is 6.12. The zero-order valence-electron chi connectivity index (χ0n) is 19.3. The van der Waals surface area contributed by atoms with Gasteiger partial charge >= 0.3 is 5.97 Å². The van der Waals surface area contributed by atoms with Crippen molar-refractivity contribution in [3.8, 4) is 0 Å². The number of ether oxygens (including phenoxy) is 1. The van der Waals surface area contributed by atoms with E-state index in [1.165, 1.54) is 12.1 Å². The van der Waals surface area contributed by atoms with Gasteiger partial charge in [-0.3, -0.25) is 14.9 Å². The van der Waals surface area contributed by atoms with Crippen molar-refractivity contribution in [3.05, 3.63) is 99.1 Å². The third-order valence-corrected chi connectivity index (χ3v) is 6.12. The number of para-hydroxylation sites is 1. The van der Waals surface area contributed by atoms with E-state index in [0.717, 1.165) is 11.1 Å². The van der Waals surface area contributed by atoms with E-state index in [1.54, 1.807) is 31.4 Å². The maximum atomic E-state index is 13.3. The number of allylic oxidation sites excluding steroid dienone is 1. The van der Waals surface area contributed by atoms with Crippen LogP contribution in [0.2, 0.25) is 0 Å². The summed E-state index contributed by atoms with van der Waals surface area (Å²) >= 11 is 0. The van der Waals surface area contributed by atoms with Crippen LogP contribution in [-0.2, 0) is 16.0 Å². The fraction of sp³-hybridized carbons (Fsp3) is 0.148. The van der Waals surface area contributed by atoms with Crippen molar-refractivity contribution >= 4 is 45.8 Å². The van der Waals surface area contributed by atoms with Crippen LogP contribution in [0, 0.1) is 17.0 Å². The van der Waals surface area contributed by atoms with Crippen LogP contribution in [0.3, 0.4) is 0 Å². The van der Waals surface area contributed by atoms with E-state index >= 15 is 0 Å². The van der Waals surface area contributed by atoms with Crippen molar-refractivity contribution in [1.29, 1.82) is 0 Å². The van der Waals surface area contributed by atoms with E-state index in [1.807, 2.05) is 30.3 Å². The monoisotopic (exact) mass is 483 g/mol. The largest absolute Gasteiger partial charge is 0.465 e. The Morgan fingerprint density at radius 2 is 1.97 bits per heavy atom. The lowest BCUT2D eigenvalue weighted by molar-refractivity contribution is -0.385. The van der Waals surface area contributed by atoms with Gasteiger partial charge in [0.25, 0.3) is 11.6 Å². The number of amides is 1. The minimum atomic E-state index is -0.630. The van der Waals surface area contributed by atoms with E-state index < -0.39 is 23.4 Å². The molecule has 4 aromatic rings. The molecule has 0 spiro atoms. The molecule has 0 radical (unpaired) electrons. The average Bonchev–Trinajstić information content (AvgIpc) is 3.52. The summed E-state index contributed by atoms with van der Waals surface area (Å²) in [6.07, 6.45) is 4.80. The first-order valence-corrected chi connectivity index (χ1v) is 11.3. The number of esters is 1. The van der Waals surface area contributed by atoms with Crippen molar-refractivity contribution in [2.24, 2.45) is 0 Å². The Balaban J connectivity index is 1.40. The zero-order valence-corrected chi connectivity index (χ0v) is 19.3. The summed E-state index contributed by atoms with van der Waals surface area (Å²) in [4.78, 5) is 41.2. The fourth-order valence-corrected chi connectivity index (χ4v) is 4.40.